The van der Waals surface area contributed by atoms with Crippen molar-refractivity contribution in [1.82, 2.24) is 10.2 Å². The largest absolute Gasteiger partial charge is 0.481 e. The molecule has 0 fully saturated rings. The number of amides is 2. The average Bonchev–Trinajstić information content (AvgIpc) is 2.13. The second-order valence-corrected chi connectivity index (χ2v) is 2.71. The fourth-order valence-electron chi connectivity index (χ4n) is 0.731. The molecule has 0 rings (SSSR count). The Labute approximate surface area is 82.1 Å². The molecule has 0 aromatic heterocycles. The number of nitrogens with zero attached hydrogens (tertiary/aromatic N) is 2. The molecule has 0 saturated carbocycles. The number of carbonyl (C=O) groups excluding carboxylic acids is 1. The Morgan fingerprint density at radius 1 is 1.57 bits per heavy atom. The minimum atomic E-state index is -0.954. The third-order valence-electron chi connectivity index (χ3n) is 1.52. The lowest BCUT2D eigenvalue weighted by Gasteiger charge is -2.15. The van der Waals surface area contributed by atoms with Gasteiger partial charge in [0.05, 0.1) is 18.9 Å². The molecular weight excluding hydrogens is 186 g/mol. The zero-order valence-corrected chi connectivity index (χ0v) is 7.99. The van der Waals surface area contributed by atoms with Gasteiger partial charge in [-0.3, -0.25) is 4.79 Å². The quantitative estimate of drug-likeness (QED) is 0.652. The van der Waals surface area contributed by atoms with Crippen molar-refractivity contribution in [3.05, 3.63) is 0 Å². The molecule has 0 unspecified atom stereocenters. The van der Waals surface area contributed by atoms with Gasteiger partial charge < -0.3 is 15.3 Å². The maximum Gasteiger partial charge on any atom is 0.317 e. The Balaban J connectivity index is 3.63. The molecule has 6 heteroatoms. The van der Waals surface area contributed by atoms with Crippen molar-refractivity contribution >= 4 is 12.0 Å². The number of aliphatic carboxylic acids is 1. The van der Waals surface area contributed by atoms with E-state index in [0.717, 1.165) is 0 Å². The number of hydrogen-bond donors (Lipinski definition) is 2. The summed E-state index contributed by atoms with van der Waals surface area (Å²) in [5.74, 6) is -0.954. The van der Waals surface area contributed by atoms with Gasteiger partial charge in [-0.05, 0) is 0 Å². The monoisotopic (exact) mass is 199 g/mol. The molecule has 78 valence electrons. The molecule has 14 heavy (non-hydrogen) atoms. The number of carboxylic acids is 1. The Morgan fingerprint density at radius 3 is 2.71 bits per heavy atom. The first-order chi connectivity index (χ1) is 6.57. The van der Waals surface area contributed by atoms with Crippen LogP contribution < -0.4 is 5.32 Å². The molecule has 2 amide bonds. The fourth-order valence-corrected chi connectivity index (χ4v) is 0.731. The van der Waals surface area contributed by atoms with Crippen LogP contribution >= 0.6 is 0 Å². The summed E-state index contributed by atoms with van der Waals surface area (Å²) in [4.78, 5) is 22.6. The lowest BCUT2D eigenvalue weighted by atomic mass is 10.4. The topological polar surface area (TPSA) is 93.4 Å². The van der Waals surface area contributed by atoms with Crippen LogP contribution in [0.3, 0.4) is 0 Å². The molecule has 0 aliphatic carbocycles. The summed E-state index contributed by atoms with van der Waals surface area (Å²) in [5.41, 5.74) is 0. The number of rotatable bonds is 5. The number of carboxylic acid groups (broad SMARTS) is 1. The maximum atomic E-state index is 11.1. The lowest BCUT2D eigenvalue weighted by Crippen LogP contribution is -2.38. The SMILES string of the molecule is CN(CCC#N)C(=O)NCCC(=O)O. The first-order valence-electron chi connectivity index (χ1n) is 4.15. The van der Waals surface area contributed by atoms with E-state index in [4.69, 9.17) is 10.4 Å². The number of nitrogens with one attached hydrogen (secondary N) is 1. The molecule has 0 aliphatic rings. The molecular formula is C8H13N3O3. The maximum absolute atomic E-state index is 11.1. The van der Waals surface area contributed by atoms with Crippen LogP contribution in [0.4, 0.5) is 4.79 Å². The van der Waals surface area contributed by atoms with Crippen molar-refractivity contribution in [3.63, 3.8) is 0 Å². The van der Waals surface area contributed by atoms with E-state index in [2.05, 4.69) is 5.32 Å². The van der Waals surface area contributed by atoms with Gasteiger partial charge in [-0.1, -0.05) is 0 Å². The average molecular weight is 199 g/mol. The van der Waals surface area contributed by atoms with Gasteiger partial charge in [0.1, 0.15) is 0 Å². The normalized spacial score (nSPS) is 8.86. The third-order valence-corrected chi connectivity index (χ3v) is 1.52. The molecule has 0 aromatic carbocycles. The first kappa shape index (κ1) is 12.2. The highest BCUT2D eigenvalue weighted by atomic mass is 16.4. The van der Waals surface area contributed by atoms with E-state index in [-0.39, 0.29) is 25.4 Å². The summed E-state index contributed by atoms with van der Waals surface area (Å²) in [6.07, 6.45) is 0.167. The summed E-state index contributed by atoms with van der Waals surface area (Å²) in [7, 11) is 1.55. The van der Waals surface area contributed by atoms with E-state index in [1.165, 1.54) is 4.90 Å². The summed E-state index contributed by atoms with van der Waals surface area (Å²) in [6, 6.07) is 1.55. The van der Waals surface area contributed by atoms with E-state index in [1.807, 2.05) is 6.07 Å². The van der Waals surface area contributed by atoms with E-state index in [0.29, 0.717) is 6.54 Å². The second-order valence-electron chi connectivity index (χ2n) is 2.71. The van der Waals surface area contributed by atoms with Crippen LogP contribution in [0.5, 0.6) is 0 Å². The minimum Gasteiger partial charge on any atom is -0.481 e. The highest BCUT2D eigenvalue weighted by molar-refractivity contribution is 5.74. The summed E-state index contributed by atoms with van der Waals surface area (Å²) >= 11 is 0. The van der Waals surface area contributed by atoms with Crippen LogP contribution in [0.2, 0.25) is 0 Å². The molecule has 6 nitrogen and oxygen atoms in total. The van der Waals surface area contributed by atoms with Crippen molar-refractivity contribution < 1.29 is 14.7 Å². The molecule has 0 spiro atoms. The highest BCUT2D eigenvalue weighted by Crippen LogP contribution is 1.87. The van der Waals surface area contributed by atoms with Crippen molar-refractivity contribution in [2.45, 2.75) is 12.8 Å². The predicted octanol–water partition coefficient (Wildman–Crippen LogP) is 0.0162. The third kappa shape index (κ3) is 5.83. The summed E-state index contributed by atoms with van der Waals surface area (Å²) in [6.45, 7) is 0.445. The van der Waals surface area contributed by atoms with Crippen LogP contribution in [0, 0.1) is 11.3 Å². The van der Waals surface area contributed by atoms with Crippen LogP contribution in [0.15, 0.2) is 0 Å². The van der Waals surface area contributed by atoms with Crippen molar-refractivity contribution in [2.75, 3.05) is 20.1 Å². The van der Waals surface area contributed by atoms with E-state index in [9.17, 15) is 9.59 Å². The van der Waals surface area contributed by atoms with Crippen LogP contribution in [0.25, 0.3) is 0 Å². The van der Waals surface area contributed by atoms with E-state index in [1.54, 1.807) is 7.05 Å². The highest BCUT2D eigenvalue weighted by Gasteiger charge is 2.07. The first-order valence-corrected chi connectivity index (χ1v) is 4.15. The molecule has 0 atom stereocenters. The molecule has 0 aliphatic heterocycles. The van der Waals surface area contributed by atoms with Gasteiger partial charge in [0.2, 0.25) is 0 Å². The smallest absolute Gasteiger partial charge is 0.317 e. The lowest BCUT2D eigenvalue weighted by molar-refractivity contribution is -0.136. The van der Waals surface area contributed by atoms with Gasteiger partial charge in [0, 0.05) is 20.1 Å². The Bertz CT molecular complexity index is 247. The zero-order chi connectivity index (χ0) is 11.0. The Kier molecular flexibility index (Phi) is 5.87. The summed E-state index contributed by atoms with van der Waals surface area (Å²) < 4.78 is 0. The number of hydrogen-bond acceptors (Lipinski definition) is 3. The Hall–Kier alpha value is -1.77. The fraction of sp³-hybridized carbons (Fsp3) is 0.625. The number of urea groups is 1. The van der Waals surface area contributed by atoms with Crippen LogP contribution in [0.1, 0.15) is 12.8 Å². The number of nitriles is 1. The Morgan fingerprint density at radius 2 is 2.21 bits per heavy atom. The number of carbonyl (C=O) groups is 2. The van der Waals surface area contributed by atoms with E-state index >= 15 is 0 Å². The van der Waals surface area contributed by atoms with Gasteiger partial charge in [-0.2, -0.15) is 5.26 Å². The van der Waals surface area contributed by atoms with E-state index < -0.39 is 5.97 Å². The van der Waals surface area contributed by atoms with Crippen LogP contribution in [-0.2, 0) is 4.79 Å². The molecule has 0 bridgehead atoms. The van der Waals surface area contributed by atoms with Gasteiger partial charge in [-0.15, -0.1) is 0 Å². The van der Waals surface area contributed by atoms with Gasteiger partial charge in [-0.25, -0.2) is 4.79 Å². The zero-order valence-electron chi connectivity index (χ0n) is 7.99. The van der Waals surface area contributed by atoms with Crippen molar-refractivity contribution in [3.8, 4) is 6.07 Å². The molecule has 2 N–H and O–H groups in total. The summed E-state index contributed by atoms with van der Waals surface area (Å²) in [5, 5.41) is 19.0. The molecule has 0 saturated heterocycles. The van der Waals surface area contributed by atoms with Gasteiger partial charge in [0.25, 0.3) is 0 Å². The minimum absolute atomic E-state index is 0.0994. The van der Waals surface area contributed by atoms with Gasteiger partial charge >= 0.3 is 12.0 Å². The van der Waals surface area contributed by atoms with Crippen molar-refractivity contribution in [1.29, 1.82) is 5.26 Å². The molecule has 0 aromatic rings. The van der Waals surface area contributed by atoms with Crippen LogP contribution in [-0.4, -0.2) is 42.1 Å². The molecule has 0 radical (unpaired) electrons. The molecule has 0 heterocycles. The standard InChI is InChI=1S/C8H13N3O3/c1-11(6-2-4-9)8(14)10-5-3-7(12)13/h2-3,5-6H2,1H3,(H,10,14)(H,12,13). The second kappa shape index (κ2) is 6.71. The predicted molar refractivity (Wildman–Crippen MR) is 48.5 cm³/mol. The van der Waals surface area contributed by atoms with Gasteiger partial charge in [0.15, 0.2) is 0 Å². The van der Waals surface area contributed by atoms with Crippen molar-refractivity contribution in [2.24, 2.45) is 0 Å².